The molecule has 2 amide bonds. The van der Waals surface area contributed by atoms with Crippen LogP contribution in [0.4, 0.5) is 19.3 Å². The van der Waals surface area contributed by atoms with Crippen LogP contribution in [0.2, 0.25) is 0 Å². The van der Waals surface area contributed by atoms with Gasteiger partial charge in [-0.1, -0.05) is 0 Å². The van der Waals surface area contributed by atoms with Crippen molar-refractivity contribution in [3.05, 3.63) is 47.3 Å². The number of amides is 2. The van der Waals surface area contributed by atoms with E-state index >= 15 is 4.39 Å². The van der Waals surface area contributed by atoms with Crippen LogP contribution in [-0.4, -0.2) is 66.3 Å². The SMILES string of the molecule is Cc1cc(NC(=O)c2c(F)c(S(=O)(=O)NC3CN(C(=O)OC(C)(C)C)CC3CO)cn2C)ccc1F. The summed E-state index contributed by atoms with van der Waals surface area (Å²) in [4.78, 5) is 25.6. The lowest BCUT2D eigenvalue weighted by Gasteiger charge is -2.24. The van der Waals surface area contributed by atoms with E-state index in [1.54, 1.807) is 20.8 Å². The van der Waals surface area contributed by atoms with Gasteiger partial charge >= 0.3 is 6.09 Å². The van der Waals surface area contributed by atoms with Gasteiger partial charge in [0.1, 0.15) is 22.0 Å². The largest absolute Gasteiger partial charge is 0.444 e. The molecule has 0 radical (unpaired) electrons. The summed E-state index contributed by atoms with van der Waals surface area (Å²) in [5, 5.41) is 12.1. The predicted molar refractivity (Wildman–Crippen MR) is 127 cm³/mol. The molecule has 2 aromatic rings. The van der Waals surface area contributed by atoms with Gasteiger partial charge in [-0.3, -0.25) is 4.79 Å². The quantitative estimate of drug-likeness (QED) is 0.528. The number of sulfonamides is 1. The smallest absolute Gasteiger partial charge is 0.410 e. The van der Waals surface area contributed by atoms with Gasteiger partial charge < -0.3 is 24.6 Å². The molecule has 2 heterocycles. The number of benzene rings is 1. The van der Waals surface area contributed by atoms with Gasteiger partial charge in [-0.2, -0.15) is 0 Å². The van der Waals surface area contributed by atoms with E-state index in [0.717, 1.165) is 16.8 Å². The summed E-state index contributed by atoms with van der Waals surface area (Å²) in [6.45, 7) is 6.09. The lowest BCUT2D eigenvalue weighted by atomic mass is 10.1. The standard InChI is InChI=1S/C23H30F2N4O6S/c1-13-8-15(6-7-16(13)24)26-21(31)20-19(25)18(11-28(20)5)36(33,34)27-17-10-29(9-14(17)12-30)22(32)35-23(2,3)4/h6-8,11,14,17,27,30H,9-10,12H2,1-5H3,(H,26,31). The zero-order valence-electron chi connectivity index (χ0n) is 20.6. The Hall–Kier alpha value is -3.03. The highest BCUT2D eigenvalue weighted by atomic mass is 32.2. The van der Waals surface area contributed by atoms with E-state index in [2.05, 4.69) is 10.0 Å². The highest BCUT2D eigenvalue weighted by Crippen LogP contribution is 2.25. The van der Waals surface area contributed by atoms with Crippen LogP contribution in [-0.2, 0) is 21.8 Å². The maximum atomic E-state index is 15.2. The third-order valence-electron chi connectivity index (χ3n) is 5.64. The molecule has 1 aromatic carbocycles. The lowest BCUT2D eigenvalue weighted by molar-refractivity contribution is 0.0282. The Morgan fingerprint density at radius 1 is 1.22 bits per heavy atom. The fraction of sp³-hybridized carbons (Fsp3) is 0.478. The molecule has 0 saturated carbocycles. The van der Waals surface area contributed by atoms with E-state index in [0.29, 0.717) is 0 Å². The Morgan fingerprint density at radius 2 is 1.89 bits per heavy atom. The molecule has 36 heavy (non-hydrogen) atoms. The van der Waals surface area contributed by atoms with Crippen molar-refractivity contribution in [3.63, 3.8) is 0 Å². The van der Waals surface area contributed by atoms with Gasteiger partial charge in [-0.05, 0) is 51.5 Å². The fourth-order valence-electron chi connectivity index (χ4n) is 3.86. The maximum absolute atomic E-state index is 15.2. The van der Waals surface area contributed by atoms with Crippen LogP contribution in [0.25, 0.3) is 0 Å². The van der Waals surface area contributed by atoms with Crippen molar-refractivity contribution in [2.75, 3.05) is 25.0 Å². The second-order valence-corrected chi connectivity index (χ2v) is 11.4. The molecule has 1 aliphatic rings. The number of hydrogen-bond donors (Lipinski definition) is 3. The minimum atomic E-state index is -4.49. The molecular formula is C23H30F2N4O6S. The molecular weight excluding hydrogens is 498 g/mol. The summed E-state index contributed by atoms with van der Waals surface area (Å²) in [5.41, 5.74) is -0.831. The second-order valence-electron chi connectivity index (χ2n) is 9.74. The molecule has 0 aliphatic carbocycles. The summed E-state index contributed by atoms with van der Waals surface area (Å²) in [7, 11) is -3.18. The summed E-state index contributed by atoms with van der Waals surface area (Å²) < 4.78 is 63.5. The van der Waals surface area contributed by atoms with Gasteiger partial charge in [0.2, 0.25) is 10.0 Å². The number of aliphatic hydroxyl groups is 1. The molecule has 198 valence electrons. The van der Waals surface area contributed by atoms with Gasteiger partial charge in [0.05, 0.1) is 0 Å². The van der Waals surface area contributed by atoms with E-state index in [9.17, 15) is 27.5 Å². The summed E-state index contributed by atoms with van der Waals surface area (Å²) in [6.07, 6.45) is 0.292. The number of rotatable bonds is 6. The van der Waals surface area contributed by atoms with E-state index in [1.807, 2.05) is 0 Å². The van der Waals surface area contributed by atoms with Crippen molar-refractivity contribution in [2.45, 2.75) is 44.2 Å². The third-order valence-corrected chi connectivity index (χ3v) is 7.12. The van der Waals surface area contributed by atoms with E-state index in [-0.39, 0.29) is 24.3 Å². The Labute approximate surface area is 208 Å². The van der Waals surface area contributed by atoms with E-state index in [4.69, 9.17) is 4.74 Å². The zero-order valence-corrected chi connectivity index (χ0v) is 21.4. The van der Waals surface area contributed by atoms with Crippen LogP contribution < -0.4 is 10.0 Å². The molecule has 1 saturated heterocycles. The number of carbonyl (C=O) groups excluding carboxylic acids is 2. The molecule has 1 fully saturated rings. The first-order valence-electron chi connectivity index (χ1n) is 11.2. The average Bonchev–Trinajstić information content (AvgIpc) is 3.29. The van der Waals surface area contributed by atoms with Crippen LogP contribution in [0.5, 0.6) is 0 Å². The summed E-state index contributed by atoms with van der Waals surface area (Å²) in [6, 6.07) is 2.89. The first kappa shape index (κ1) is 27.6. The van der Waals surface area contributed by atoms with Crippen molar-refractivity contribution in [3.8, 4) is 0 Å². The van der Waals surface area contributed by atoms with Crippen molar-refractivity contribution in [1.29, 1.82) is 0 Å². The zero-order chi connectivity index (χ0) is 27.0. The normalized spacial score (nSPS) is 18.4. The van der Waals surface area contributed by atoms with Gasteiger partial charge in [0, 0.05) is 50.6 Å². The molecule has 0 spiro atoms. The Bertz CT molecular complexity index is 1270. The minimum absolute atomic E-state index is 0.0423. The number of aliphatic hydroxyl groups excluding tert-OH is 1. The number of halogens is 2. The number of ether oxygens (including phenoxy) is 1. The molecule has 10 nitrogen and oxygen atoms in total. The molecule has 0 bridgehead atoms. The number of aromatic nitrogens is 1. The number of aryl methyl sites for hydroxylation is 2. The number of carbonyl (C=O) groups is 2. The number of hydrogen-bond acceptors (Lipinski definition) is 6. The first-order chi connectivity index (χ1) is 16.6. The van der Waals surface area contributed by atoms with Crippen molar-refractivity contribution >= 4 is 27.7 Å². The highest BCUT2D eigenvalue weighted by Gasteiger charge is 2.40. The third kappa shape index (κ3) is 6.02. The Balaban J connectivity index is 1.80. The Morgan fingerprint density at radius 3 is 2.47 bits per heavy atom. The number of nitrogens with zero attached hydrogens (tertiary/aromatic N) is 2. The Kier molecular flexibility index (Phi) is 7.77. The van der Waals surface area contributed by atoms with Crippen molar-refractivity contribution in [2.24, 2.45) is 13.0 Å². The summed E-state index contributed by atoms with van der Waals surface area (Å²) >= 11 is 0. The van der Waals surface area contributed by atoms with Crippen molar-refractivity contribution in [1.82, 2.24) is 14.2 Å². The van der Waals surface area contributed by atoms with Gasteiger partial charge in [0.25, 0.3) is 5.91 Å². The van der Waals surface area contributed by atoms with E-state index in [1.165, 1.54) is 31.0 Å². The first-order valence-corrected chi connectivity index (χ1v) is 12.6. The second kappa shape index (κ2) is 10.1. The highest BCUT2D eigenvalue weighted by molar-refractivity contribution is 7.89. The molecule has 2 atom stereocenters. The lowest BCUT2D eigenvalue weighted by Crippen LogP contribution is -2.42. The molecule has 2 unspecified atom stereocenters. The van der Waals surface area contributed by atoms with E-state index < -0.39 is 68.4 Å². The molecule has 13 heteroatoms. The number of nitrogens with one attached hydrogen (secondary N) is 2. The molecule has 1 aromatic heterocycles. The summed E-state index contributed by atoms with van der Waals surface area (Å²) in [5.74, 6) is -3.32. The topological polar surface area (TPSA) is 130 Å². The van der Waals surface area contributed by atoms with Gasteiger partial charge in [-0.15, -0.1) is 0 Å². The monoisotopic (exact) mass is 528 g/mol. The number of anilines is 1. The number of likely N-dealkylation sites (tertiary alicyclic amines) is 1. The van der Waals surface area contributed by atoms with Crippen LogP contribution in [0.1, 0.15) is 36.8 Å². The predicted octanol–water partition coefficient (Wildman–Crippen LogP) is 2.37. The van der Waals surface area contributed by atoms with Crippen LogP contribution in [0, 0.1) is 24.5 Å². The van der Waals surface area contributed by atoms with Crippen LogP contribution >= 0.6 is 0 Å². The van der Waals surface area contributed by atoms with Gasteiger partial charge in [0.15, 0.2) is 5.82 Å². The van der Waals surface area contributed by atoms with Crippen LogP contribution in [0.15, 0.2) is 29.3 Å². The fourth-order valence-corrected chi connectivity index (χ4v) is 5.28. The molecule has 1 aliphatic heterocycles. The van der Waals surface area contributed by atoms with Gasteiger partial charge in [-0.25, -0.2) is 26.7 Å². The molecule has 3 rings (SSSR count). The average molecular weight is 529 g/mol. The van der Waals surface area contributed by atoms with Crippen LogP contribution in [0.3, 0.4) is 0 Å². The minimum Gasteiger partial charge on any atom is -0.444 e. The molecule has 3 N–H and O–H groups in total. The van der Waals surface area contributed by atoms with Crippen molar-refractivity contribution < 1.29 is 36.6 Å². The maximum Gasteiger partial charge on any atom is 0.410 e.